The quantitative estimate of drug-likeness (QED) is 0.562. The molecule has 0 amide bonds. The summed E-state index contributed by atoms with van der Waals surface area (Å²) in [5.74, 6) is 1.36. The molecule has 0 aliphatic carbocycles. The van der Waals surface area contributed by atoms with E-state index in [0.29, 0.717) is 12.4 Å². The Bertz CT molecular complexity index is 959. The van der Waals surface area contributed by atoms with Gasteiger partial charge in [0.15, 0.2) is 0 Å². The van der Waals surface area contributed by atoms with Crippen LogP contribution in [0.5, 0.6) is 5.75 Å². The maximum absolute atomic E-state index is 5.17. The molecule has 0 unspecified atom stereocenters. The fraction of sp³-hybridized carbons (Fsp3) is 0.111. The van der Waals surface area contributed by atoms with Crippen molar-refractivity contribution in [2.75, 3.05) is 7.11 Å². The van der Waals surface area contributed by atoms with Crippen molar-refractivity contribution < 1.29 is 4.74 Å². The molecule has 4 aromatic rings. The Balaban J connectivity index is 1.54. The Labute approximate surface area is 144 Å². The van der Waals surface area contributed by atoms with Crippen molar-refractivity contribution in [3.63, 3.8) is 0 Å². The van der Waals surface area contributed by atoms with E-state index in [1.807, 2.05) is 60.8 Å². The Hall–Kier alpha value is -3.48. The minimum Gasteiger partial charge on any atom is -0.497 e. The number of hydrogen-bond acceptors (Lipinski definition) is 5. The van der Waals surface area contributed by atoms with Gasteiger partial charge in [0.05, 0.1) is 31.1 Å². The molecule has 25 heavy (non-hydrogen) atoms. The maximum Gasteiger partial charge on any atom is 0.208 e. The zero-order valence-corrected chi connectivity index (χ0v) is 13.6. The van der Waals surface area contributed by atoms with E-state index >= 15 is 0 Å². The van der Waals surface area contributed by atoms with E-state index < -0.39 is 0 Å². The van der Waals surface area contributed by atoms with Gasteiger partial charge in [-0.2, -0.15) is 9.90 Å². The highest BCUT2D eigenvalue weighted by molar-refractivity contribution is 5.52. The average Bonchev–Trinajstić information content (AvgIpc) is 3.32. The van der Waals surface area contributed by atoms with Crippen LogP contribution in [0.25, 0.3) is 17.1 Å². The van der Waals surface area contributed by atoms with E-state index in [9.17, 15) is 0 Å². The highest BCUT2D eigenvalue weighted by Crippen LogP contribution is 2.18. The van der Waals surface area contributed by atoms with Crippen molar-refractivity contribution in [2.45, 2.75) is 6.54 Å². The van der Waals surface area contributed by atoms with Gasteiger partial charge in [0.2, 0.25) is 5.82 Å². The number of tetrazole rings is 1. The van der Waals surface area contributed by atoms with E-state index in [4.69, 9.17) is 4.74 Å². The first kappa shape index (κ1) is 15.1. The van der Waals surface area contributed by atoms with Crippen LogP contribution in [0.3, 0.4) is 0 Å². The first-order valence-corrected chi connectivity index (χ1v) is 7.83. The normalized spacial score (nSPS) is 10.8. The van der Waals surface area contributed by atoms with Crippen LogP contribution in [0.15, 0.2) is 67.0 Å². The molecule has 2 heterocycles. The molecule has 2 aromatic heterocycles. The second kappa shape index (κ2) is 6.56. The van der Waals surface area contributed by atoms with E-state index in [2.05, 4.69) is 20.5 Å². The molecule has 0 saturated heterocycles. The standard InChI is InChI=1S/C18H16N6O/c1-25-17-9-7-16(8-10-17)23-13-15(11-19-23)18-20-22-24(21-18)12-14-5-3-2-4-6-14/h2-11,13H,12H2,1H3. The highest BCUT2D eigenvalue weighted by Gasteiger charge is 2.10. The number of rotatable bonds is 5. The average molecular weight is 332 g/mol. The number of aromatic nitrogens is 6. The van der Waals surface area contributed by atoms with Gasteiger partial charge in [-0.05, 0) is 35.0 Å². The molecular formula is C18H16N6O. The summed E-state index contributed by atoms with van der Waals surface area (Å²) < 4.78 is 6.94. The summed E-state index contributed by atoms with van der Waals surface area (Å²) in [5, 5.41) is 17.0. The summed E-state index contributed by atoms with van der Waals surface area (Å²) in [6.45, 7) is 0.584. The number of hydrogen-bond donors (Lipinski definition) is 0. The summed E-state index contributed by atoms with van der Waals surface area (Å²) in [5.41, 5.74) is 2.87. The number of ether oxygens (including phenoxy) is 1. The molecule has 0 bridgehead atoms. The minimum absolute atomic E-state index is 0.552. The topological polar surface area (TPSA) is 70.7 Å². The molecule has 4 rings (SSSR count). The molecule has 0 aliphatic heterocycles. The van der Waals surface area contributed by atoms with Gasteiger partial charge in [-0.15, -0.1) is 10.2 Å². The van der Waals surface area contributed by atoms with Gasteiger partial charge in [0.25, 0.3) is 0 Å². The zero-order chi connectivity index (χ0) is 17.1. The first-order chi connectivity index (χ1) is 12.3. The fourth-order valence-corrected chi connectivity index (χ4v) is 2.49. The molecule has 7 nitrogen and oxygen atoms in total. The largest absolute Gasteiger partial charge is 0.497 e. The second-order valence-corrected chi connectivity index (χ2v) is 5.50. The predicted octanol–water partition coefficient (Wildman–Crippen LogP) is 2.58. The molecule has 0 atom stereocenters. The van der Waals surface area contributed by atoms with Gasteiger partial charge in [0, 0.05) is 6.20 Å². The fourth-order valence-electron chi connectivity index (χ4n) is 2.49. The van der Waals surface area contributed by atoms with Crippen LogP contribution in [0.4, 0.5) is 0 Å². The van der Waals surface area contributed by atoms with E-state index in [1.54, 1.807) is 22.8 Å². The van der Waals surface area contributed by atoms with Gasteiger partial charge < -0.3 is 4.74 Å². The Morgan fingerprint density at radius 3 is 2.56 bits per heavy atom. The first-order valence-electron chi connectivity index (χ1n) is 7.83. The van der Waals surface area contributed by atoms with E-state index in [1.165, 1.54) is 0 Å². The number of nitrogens with zero attached hydrogens (tertiary/aromatic N) is 6. The molecule has 0 aliphatic rings. The summed E-state index contributed by atoms with van der Waals surface area (Å²) in [4.78, 5) is 1.58. The van der Waals surface area contributed by atoms with Crippen LogP contribution in [0.1, 0.15) is 5.56 Å². The number of benzene rings is 2. The minimum atomic E-state index is 0.552. The van der Waals surface area contributed by atoms with Gasteiger partial charge in [-0.25, -0.2) is 4.68 Å². The molecule has 7 heteroatoms. The predicted molar refractivity (Wildman–Crippen MR) is 92.5 cm³/mol. The van der Waals surface area contributed by atoms with Crippen molar-refractivity contribution in [1.29, 1.82) is 0 Å². The SMILES string of the molecule is COc1ccc(-n2cc(-c3nnn(Cc4ccccc4)n3)cn2)cc1. The third kappa shape index (κ3) is 3.25. The van der Waals surface area contributed by atoms with Crippen molar-refractivity contribution in [2.24, 2.45) is 0 Å². The van der Waals surface area contributed by atoms with Crippen LogP contribution < -0.4 is 4.74 Å². The van der Waals surface area contributed by atoms with Gasteiger partial charge in [-0.1, -0.05) is 30.3 Å². The lowest BCUT2D eigenvalue weighted by Gasteiger charge is -2.02. The van der Waals surface area contributed by atoms with Crippen molar-refractivity contribution in [3.05, 3.63) is 72.6 Å². The zero-order valence-electron chi connectivity index (χ0n) is 13.6. The molecule has 2 aromatic carbocycles. The third-order valence-corrected chi connectivity index (χ3v) is 3.80. The van der Waals surface area contributed by atoms with Crippen molar-refractivity contribution in [1.82, 2.24) is 30.0 Å². The lowest BCUT2D eigenvalue weighted by molar-refractivity contribution is 0.414. The van der Waals surface area contributed by atoms with Crippen LogP contribution in [0.2, 0.25) is 0 Å². The monoisotopic (exact) mass is 332 g/mol. The van der Waals surface area contributed by atoms with Crippen LogP contribution in [0, 0.1) is 0 Å². The molecular weight excluding hydrogens is 316 g/mol. The highest BCUT2D eigenvalue weighted by atomic mass is 16.5. The molecule has 0 saturated carbocycles. The Morgan fingerprint density at radius 1 is 1.00 bits per heavy atom. The third-order valence-electron chi connectivity index (χ3n) is 3.80. The van der Waals surface area contributed by atoms with Crippen molar-refractivity contribution in [3.8, 4) is 22.8 Å². The molecule has 0 radical (unpaired) electrons. The molecule has 0 fully saturated rings. The van der Waals surface area contributed by atoms with Crippen LogP contribution in [-0.2, 0) is 6.54 Å². The van der Waals surface area contributed by atoms with Gasteiger partial charge in [-0.3, -0.25) is 0 Å². The van der Waals surface area contributed by atoms with Gasteiger partial charge >= 0.3 is 0 Å². The van der Waals surface area contributed by atoms with Crippen LogP contribution in [-0.4, -0.2) is 37.1 Å². The van der Waals surface area contributed by atoms with Crippen LogP contribution >= 0.6 is 0 Å². The van der Waals surface area contributed by atoms with Gasteiger partial charge in [0.1, 0.15) is 5.75 Å². The van der Waals surface area contributed by atoms with E-state index in [0.717, 1.165) is 22.6 Å². The lowest BCUT2D eigenvalue weighted by atomic mass is 10.2. The van der Waals surface area contributed by atoms with E-state index in [-0.39, 0.29) is 0 Å². The summed E-state index contributed by atoms with van der Waals surface area (Å²) in [6.07, 6.45) is 3.61. The second-order valence-electron chi connectivity index (χ2n) is 5.50. The summed E-state index contributed by atoms with van der Waals surface area (Å²) >= 11 is 0. The molecule has 0 N–H and O–H groups in total. The number of methoxy groups -OCH3 is 1. The summed E-state index contributed by atoms with van der Waals surface area (Å²) in [7, 11) is 1.64. The Kier molecular flexibility index (Phi) is 3.96. The Morgan fingerprint density at radius 2 is 1.80 bits per heavy atom. The smallest absolute Gasteiger partial charge is 0.208 e. The summed E-state index contributed by atoms with van der Waals surface area (Å²) in [6, 6.07) is 17.7. The molecule has 0 spiro atoms. The molecule has 124 valence electrons. The maximum atomic E-state index is 5.17. The lowest BCUT2D eigenvalue weighted by Crippen LogP contribution is -2.03. The van der Waals surface area contributed by atoms with Crippen molar-refractivity contribution >= 4 is 0 Å².